The highest BCUT2D eigenvalue weighted by Crippen LogP contribution is 2.03. The minimum absolute atomic E-state index is 0.407. The van der Waals surface area contributed by atoms with E-state index in [1.807, 2.05) is 6.92 Å². The zero-order valence-electron chi connectivity index (χ0n) is 10.7. The Hall–Kier alpha value is -0.800. The first-order chi connectivity index (χ1) is 7.77. The number of nitrogens with zero attached hydrogens (tertiary/aromatic N) is 1. The van der Waals surface area contributed by atoms with Gasteiger partial charge in [0.2, 0.25) is 0 Å². The van der Waals surface area contributed by atoms with E-state index < -0.39 is 0 Å². The van der Waals surface area contributed by atoms with E-state index in [0.717, 1.165) is 26.3 Å². The van der Waals surface area contributed by atoms with Gasteiger partial charge < -0.3 is 14.6 Å². The molecule has 3 heteroatoms. The van der Waals surface area contributed by atoms with Crippen LogP contribution >= 0.6 is 0 Å². The molecule has 1 heterocycles. The summed E-state index contributed by atoms with van der Waals surface area (Å²) in [6.45, 7) is 9.98. The molecule has 1 N–H and O–H groups in total. The largest absolute Gasteiger partial charge is 0.380 e. The second-order valence-corrected chi connectivity index (χ2v) is 4.13. The molecular formula is C13H24N2O. The van der Waals surface area contributed by atoms with Crippen molar-refractivity contribution < 1.29 is 4.74 Å². The van der Waals surface area contributed by atoms with E-state index in [4.69, 9.17) is 4.74 Å². The maximum atomic E-state index is 5.37. The van der Waals surface area contributed by atoms with Crippen molar-refractivity contribution in [3.05, 3.63) is 24.0 Å². The van der Waals surface area contributed by atoms with Gasteiger partial charge in [0, 0.05) is 37.6 Å². The third-order valence-corrected chi connectivity index (χ3v) is 2.59. The molecule has 1 rings (SSSR count). The first kappa shape index (κ1) is 13.3. The molecule has 0 fully saturated rings. The molecular weight excluding hydrogens is 200 g/mol. The molecule has 0 bridgehead atoms. The van der Waals surface area contributed by atoms with Gasteiger partial charge in [-0.15, -0.1) is 0 Å². The Kier molecular flexibility index (Phi) is 6.19. The molecule has 0 aliphatic carbocycles. The number of hydrogen-bond donors (Lipinski definition) is 1. The zero-order chi connectivity index (χ0) is 11.8. The van der Waals surface area contributed by atoms with Crippen molar-refractivity contribution >= 4 is 0 Å². The molecule has 1 aromatic heterocycles. The molecule has 16 heavy (non-hydrogen) atoms. The number of ether oxygens (including phenoxy) is 1. The number of aryl methyl sites for hydroxylation is 1. The molecule has 0 amide bonds. The molecule has 3 nitrogen and oxygen atoms in total. The van der Waals surface area contributed by atoms with E-state index in [1.54, 1.807) is 0 Å². The van der Waals surface area contributed by atoms with Gasteiger partial charge in [0.1, 0.15) is 0 Å². The molecule has 1 unspecified atom stereocenters. The van der Waals surface area contributed by atoms with Gasteiger partial charge in [-0.3, -0.25) is 0 Å². The third-order valence-electron chi connectivity index (χ3n) is 2.59. The Morgan fingerprint density at radius 1 is 1.44 bits per heavy atom. The minimum atomic E-state index is 0.407. The molecule has 1 aromatic rings. The molecule has 0 spiro atoms. The van der Waals surface area contributed by atoms with Gasteiger partial charge >= 0.3 is 0 Å². The van der Waals surface area contributed by atoms with Crippen LogP contribution < -0.4 is 5.32 Å². The topological polar surface area (TPSA) is 26.2 Å². The third kappa shape index (κ3) is 4.37. The fourth-order valence-corrected chi connectivity index (χ4v) is 1.70. The van der Waals surface area contributed by atoms with Crippen molar-refractivity contribution in [2.24, 2.45) is 0 Å². The number of rotatable bonds is 8. The minimum Gasteiger partial charge on any atom is -0.380 e. The van der Waals surface area contributed by atoms with Gasteiger partial charge in [-0.05, 0) is 32.4 Å². The van der Waals surface area contributed by atoms with Crippen molar-refractivity contribution in [3.63, 3.8) is 0 Å². The summed E-state index contributed by atoms with van der Waals surface area (Å²) in [5.41, 5.74) is 1.35. The van der Waals surface area contributed by atoms with Crippen LogP contribution in [0.2, 0.25) is 0 Å². The van der Waals surface area contributed by atoms with E-state index in [9.17, 15) is 0 Å². The van der Waals surface area contributed by atoms with E-state index in [-0.39, 0.29) is 0 Å². The normalized spacial score (nSPS) is 12.9. The van der Waals surface area contributed by atoms with Gasteiger partial charge in [0.25, 0.3) is 0 Å². The van der Waals surface area contributed by atoms with Crippen LogP contribution in [0.4, 0.5) is 0 Å². The van der Waals surface area contributed by atoms with Crippen molar-refractivity contribution in [2.75, 3.05) is 13.2 Å². The maximum absolute atomic E-state index is 5.37. The number of hydrogen-bond acceptors (Lipinski definition) is 2. The Labute approximate surface area is 98.8 Å². The van der Waals surface area contributed by atoms with Gasteiger partial charge in [0.15, 0.2) is 0 Å². The first-order valence-electron chi connectivity index (χ1n) is 6.23. The lowest BCUT2D eigenvalue weighted by molar-refractivity contribution is 0.127. The smallest absolute Gasteiger partial charge is 0.0616 e. The second kappa shape index (κ2) is 7.47. The van der Waals surface area contributed by atoms with Crippen LogP contribution in [-0.2, 0) is 17.8 Å². The number of nitrogens with one attached hydrogen (secondary N) is 1. The van der Waals surface area contributed by atoms with E-state index >= 15 is 0 Å². The van der Waals surface area contributed by atoms with Crippen LogP contribution in [0.1, 0.15) is 32.9 Å². The average molecular weight is 224 g/mol. The highest BCUT2D eigenvalue weighted by Gasteiger charge is 2.03. The van der Waals surface area contributed by atoms with E-state index in [2.05, 4.69) is 42.1 Å². The van der Waals surface area contributed by atoms with Crippen LogP contribution in [0, 0.1) is 0 Å². The second-order valence-electron chi connectivity index (χ2n) is 4.13. The fourth-order valence-electron chi connectivity index (χ4n) is 1.70. The molecule has 0 aromatic carbocycles. The van der Waals surface area contributed by atoms with Gasteiger partial charge in [-0.1, -0.05) is 6.92 Å². The molecule has 0 saturated carbocycles. The highest BCUT2D eigenvalue weighted by molar-refractivity contribution is 5.06. The maximum Gasteiger partial charge on any atom is 0.0616 e. The molecule has 92 valence electrons. The molecule has 0 aliphatic heterocycles. The van der Waals surface area contributed by atoms with Crippen molar-refractivity contribution in [2.45, 2.75) is 46.3 Å². The quantitative estimate of drug-likeness (QED) is 0.734. The van der Waals surface area contributed by atoms with Crippen molar-refractivity contribution in [1.29, 1.82) is 0 Å². The zero-order valence-corrected chi connectivity index (χ0v) is 10.7. The van der Waals surface area contributed by atoms with Crippen molar-refractivity contribution in [1.82, 2.24) is 9.88 Å². The number of aromatic nitrogens is 1. The summed E-state index contributed by atoms with van der Waals surface area (Å²) in [7, 11) is 0. The lowest BCUT2D eigenvalue weighted by Crippen LogP contribution is -2.30. The van der Waals surface area contributed by atoms with Crippen molar-refractivity contribution in [3.8, 4) is 0 Å². The summed E-state index contributed by atoms with van der Waals surface area (Å²) >= 11 is 0. The first-order valence-corrected chi connectivity index (χ1v) is 6.23. The fraction of sp³-hybridized carbons (Fsp3) is 0.692. The Morgan fingerprint density at radius 2 is 2.25 bits per heavy atom. The van der Waals surface area contributed by atoms with Gasteiger partial charge in [0.05, 0.1) is 6.61 Å². The molecule has 1 atom stereocenters. The molecule has 0 aliphatic rings. The standard InChI is InChI=1S/C13H24N2O/c1-4-8-15-9-6-7-13(15)10-14-12(3)11-16-5-2/h6-7,9,12,14H,4-5,8,10-11H2,1-3H3. The lowest BCUT2D eigenvalue weighted by atomic mass is 10.3. The Morgan fingerprint density at radius 3 is 2.94 bits per heavy atom. The summed E-state index contributed by atoms with van der Waals surface area (Å²) in [5.74, 6) is 0. The predicted molar refractivity (Wildman–Crippen MR) is 67.5 cm³/mol. The summed E-state index contributed by atoms with van der Waals surface area (Å²) in [5, 5.41) is 3.47. The molecule has 0 radical (unpaired) electrons. The van der Waals surface area contributed by atoms with Crippen LogP contribution in [0.25, 0.3) is 0 Å². The summed E-state index contributed by atoms with van der Waals surface area (Å²) < 4.78 is 7.68. The summed E-state index contributed by atoms with van der Waals surface area (Å²) in [6, 6.07) is 4.69. The van der Waals surface area contributed by atoms with E-state index in [0.29, 0.717) is 6.04 Å². The SMILES string of the molecule is CCCn1cccc1CNC(C)COCC. The summed E-state index contributed by atoms with van der Waals surface area (Å²) in [4.78, 5) is 0. The highest BCUT2D eigenvalue weighted by atomic mass is 16.5. The van der Waals surface area contributed by atoms with Crippen LogP contribution in [0.15, 0.2) is 18.3 Å². The van der Waals surface area contributed by atoms with E-state index in [1.165, 1.54) is 12.1 Å². The Bertz CT molecular complexity index is 283. The average Bonchev–Trinajstić information content (AvgIpc) is 2.72. The van der Waals surface area contributed by atoms with Crippen LogP contribution in [-0.4, -0.2) is 23.8 Å². The monoisotopic (exact) mass is 224 g/mol. The van der Waals surface area contributed by atoms with Gasteiger partial charge in [-0.2, -0.15) is 0 Å². The Balaban J connectivity index is 2.32. The van der Waals surface area contributed by atoms with Gasteiger partial charge in [-0.25, -0.2) is 0 Å². The predicted octanol–water partition coefficient (Wildman–Crippen LogP) is 2.41. The summed E-state index contributed by atoms with van der Waals surface area (Å²) in [6.07, 6.45) is 3.32. The lowest BCUT2D eigenvalue weighted by Gasteiger charge is -2.15. The molecule has 0 saturated heterocycles. The van der Waals surface area contributed by atoms with Crippen LogP contribution in [0.3, 0.4) is 0 Å². The van der Waals surface area contributed by atoms with Crippen LogP contribution in [0.5, 0.6) is 0 Å².